The Balaban J connectivity index is 1.69. The first-order valence-corrected chi connectivity index (χ1v) is 9.18. The second kappa shape index (κ2) is 7.63. The molecular formula is C22H20N6O. The van der Waals surface area contributed by atoms with E-state index in [0.717, 1.165) is 33.4 Å². The van der Waals surface area contributed by atoms with Gasteiger partial charge < -0.3 is 0 Å². The van der Waals surface area contributed by atoms with Crippen LogP contribution in [-0.2, 0) is 7.05 Å². The molecule has 0 unspecified atom stereocenters. The van der Waals surface area contributed by atoms with E-state index in [4.69, 9.17) is 0 Å². The van der Waals surface area contributed by atoms with Crippen LogP contribution in [0.15, 0.2) is 60.0 Å². The maximum Gasteiger partial charge on any atom is 0.272 e. The zero-order valence-corrected chi connectivity index (χ0v) is 16.4. The highest BCUT2D eigenvalue weighted by Crippen LogP contribution is 2.24. The van der Waals surface area contributed by atoms with E-state index in [-0.39, 0.29) is 5.91 Å². The van der Waals surface area contributed by atoms with Gasteiger partial charge in [0.15, 0.2) is 0 Å². The summed E-state index contributed by atoms with van der Waals surface area (Å²) in [7, 11) is 1.88. The van der Waals surface area contributed by atoms with E-state index in [1.807, 2.05) is 57.3 Å². The molecule has 3 aromatic heterocycles. The Morgan fingerprint density at radius 1 is 1.14 bits per heavy atom. The number of aryl methyl sites for hydroxylation is 2. The van der Waals surface area contributed by atoms with Gasteiger partial charge in [-0.1, -0.05) is 18.2 Å². The fraction of sp³-hybridized carbons (Fsp3) is 0.136. The van der Waals surface area contributed by atoms with Crippen LogP contribution in [-0.4, -0.2) is 31.9 Å². The largest absolute Gasteiger partial charge is 0.272 e. The summed E-state index contributed by atoms with van der Waals surface area (Å²) in [6.45, 7) is 3.87. The van der Waals surface area contributed by atoms with Crippen LogP contribution in [0.2, 0.25) is 0 Å². The van der Waals surface area contributed by atoms with Crippen molar-refractivity contribution in [2.45, 2.75) is 13.8 Å². The lowest BCUT2D eigenvalue weighted by Gasteiger charge is -2.09. The van der Waals surface area contributed by atoms with E-state index in [9.17, 15) is 4.79 Å². The van der Waals surface area contributed by atoms with Crippen LogP contribution >= 0.6 is 0 Å². The van der Waals surface area contributed by atoms with Crippen molar-refractivity contribution < 1.29 is 4.79 Å². The number of nitrogens with one attached hydrogen (secondary N) is 1. The third-order valence-corrected chi connectivity index (χ3v) is 4.86. The van der Waals surface area contributed by atoms with Gasteiger partial charge in [-0.3, -0.25) is 14.5 Å². The van der Waals surface area contributed by atoms with Crippen molar-refractivity contribution in [2.24, 2.45) is 12.1 Å². The highest BCUT2D eigenvalue weighted by atomic mass is 16.2. The summed E-state index contributed by atoms with van der Waals surface area (Å²) in [6, 6.07) is 13.1. The van der Waals surface area contributed by atoms with E-state index in [1.54, 1.807) is 29.4 Å². The molecule has 0 atom stereocenters. The summed E-state index contributed by atoms with van der Waals surface area (Å²) < 4.78 is 1.79. The normalized spacial score (nSPS) is 11.3. The zero-order chi connectivity index (χ0) is 20.4. The van der Waals surface area contributed by atoms with Crippen molar-refractivity contribution in [1.29, 1.82) is 0 Å². The van der Waals surface area contributed by atoms with Gasteiger partial charge in [0.2, 0.25) is 0 Å². The summed E-state index contributed by atoms with van der Waals surface area (Å²) in [5, 5.41) is 9.28. The molecule has 0 saturated heterocycles. The number of carbonyl (C=O) groups excluding carboxylic acids is 1. The van der Waals surface area contributed by atoms with Crippen LogP contribution in [0.5, 0.6) is 0 Å². The molecule has 0 aliphatic heterocycles. The minimum atomic E-state index is -0.297. The topological polar surface area (TPSA) is 85.1 Å². The first-order valence-electron chi connectivity index (χ1n) is 9.18. The molecule has 0 saturated carbocycles. The number of pyridine rings is 2. The molecule has 144 valence electrons. The van der Waals surface area contributed by atoms with Gasteiger partial charge in [-0.25, -0.2) is 10.4 Å². The molecule has 1 N–H and O–H groups in total. The van der Waals surface area contributed by atoms with Crippen LogP contribution in [0.3, 0.4) is 0 Å². The van der Waals surface area contributed by atoms with Crippen molar-refractivity contribution in [3.8, 4) is 11.3 Å². The van der Waals surface area contributed by atoms with Crippen molar-refractivity contribution in [2.75, 3.05) is 0 Å². The molecule has 1 aromatic carbocycles. The summed E-state index contributed by atoms with van der Waals surface area (Å²) >= 11 is 0. The van der Waals surface area contributed by atoms with Crippen LogP contribution in [0.1, 0.15) is 27.3 Å². The number of rotatable bonds is 4. The van der Waals surface area contributed by atoms with Crippen LogP contribution in [0.25, 0.3) is 22.2 Å². The number of nitrogens with zero attached hydrogens (tertiary/aromatic N) is 5. The van der Waals surface area contributed by atoms with Crippen molar-refractivity contribution in [1.82, 2.24) is 25.2 Å². The van der Waals surface area contributed by atoms with Crippen molar-refractivity contribution >= 4 is 23.0 Å². The zero-order valence-electron chi connectivity index (χ0n) is 16.4. The predicted octanol–water partition coefficient (Wildman–Crippen LogP) is 3.41. The van der Waals surface area contributed by atoms with E-state index in [2.05, 4.69) is 25.6 Å². The number of fused-ring (bicyclic) bond motifs is 1. The van der Waals surface area contributed by atoms with Gasteiger partial charge in [0.25, 0.3) is 5.91 Å². The molecule has 3 heterocycles. The number of carbonyl (C=O) groups is 1. The Morgan fingerprint density at radius 2 is 1.90 bits per heavy atom. The molecule has 0 fully saturated rings. The van der Waals surface area contributed by atoms with Crippen LogP contribution < -0.4 is 5.43 Å². The fourth-order valence-electron chi connectivity index (χ4n) is 3.23. The summed E-state index contributed by atoms with van der Waals surface area (Å²) in [5.74, 6) is -0.297. The van der Waals surface area contributed by atoms with Crippen molar-refractivity contribution in [3.05, 3.63) is 77.4 Å². The highest BCUT2D eigenvalue weighted by molar-refractivity contribution is 6.07. The van der Waals surface area contributed by atoms with E-state index in [0.29, 0.717) is 11.3 Å². The Hall–Kier alpha value is -3.87. The van der Waals surface area contributed by atoms with E-state index < -0.39 is 0 Å². The Bertz CT molecular complexity index is 1230. The van der Waals surface area contributed by atoms with Crippen LogP contribution in [0.4, 0.5) is 0 Å². The Kier molecular flexibility index (Phi) is 4.87. The Morgan fingerprint density at radius 3 is 2.62 bits per heavy atom. The quantitative estimate of drug-likeness (QED) is 0.432. The SMILES string of the molecule is Cc1nn(C)c(C)c1/C=N/NC(=O)c1cc(-c2ccncc2)nc2ccccc12. The lowest BCUT2D eigenvalue weighted by atomic mass is 10.0. The first-order chi connectivity index (χ1) is 14.0. The highest BCUT2D eigenvalue weighted by Gasteiger charge is 2.14. The predicted molar refractivity (Wildman–Crippen MR) is 113 cm³/mol. The van der Waals surface area contributed by atoms with Crippen LogP contribution in [0, 0.1) is 13.8 Å². The molecule has 1 amide bonds. The third-order valence-electron chi connectivity index (χ3n) is 4.86. The number of hydrazone groups is 1. The second-order valence-corrected chi connectivity index (χ2v) is 6.72. The molecule has 0 spiro atoms. The monoisotopic (exact) mass is 384 g/mol. The molecular weight excluding hydrogens is 364 g/mol. The number of hydrogen-bond acceptors (Lipinski definition) is 5. The molecule has 7 heteroatoms. The van der Waals surface area contributed by atoms with Gasteiger partial charge in [-0.2, -0.15) is 10.2 Å². The standard InChI is InChI=1S/C22H20N6O/c1-14-19(15(2)28(3)27-14)13-24-26-22(29)18-12-21(16-8-10-23-11-9-16)25-20-7-5-4-6-17(18)20/h4-13H,1-3H3,(H,26,29)/b24-13+. The number of amides is 1. The first kappa shape index (κ1) is 18.5. The van der Waals surface area contributed by atoms with Gasteiger partial charge in [-0.05, 0) is 38.1 Å². The number of para-hydroxylation sites is 1. The minimum Gasteiger partial charge on any atom is -0.272 e. The van der Waals surface area contributed by atoms with Gasteiger partial charge in [0, 0.05) is 41.6 Å². The van der Waals surface area contributed by atoms with Gasteiger partial charge in [0.1, 0.15) is 0 Å². The lowest BCUT2D eigenvalue weighted by Crippen LogP contribution is -2.18. The van der Waals surface area contributed by atoms with Gasteiger partial charge in [0.05, 0.1) is 28.7 Å². The smallest absolute Gasteiger partial charge is 0.272 e. The fourth-order valence-corrected chi connectivity index (χ4v) is 3.23. The number of hydrogen-bond donors (Lipinski definition) is 1. The molecule has 0 aliphatic rings. The summed E-state index contributed by atoms with van der Waals surface area (Å²) in [5.41, 5.74) is 8.23. The van der Waals surface area contributed by atoms with Gasteiger partial charge >= 0.3 is 0 Å². The molecule has 0 bridgehead atoms. The van der Waals surface area contributed by atoms with Crippen molar-refractivity contribution in [3.63, 3.8) is 0 Å². The number of benzene rings is 1. The average molecular weight is 384 g/mol. The molecule has 7 nitrogen and oxygen atoms in total. The maximum absolute atomic E-state index is 12.9. The molecule has 0 aliphatic carbocycles. The second-order valence-electron chi connectivity index (χ2n) is 6.72. The van der Waals surface area contributed by atoms with Gasteiger partial charge in [-0.15, -0.1) is 0 Å². The maximum atomic E-state index is 12.9. The average Bonchev–Trinajstić information content (AvgIpc) is 2.99. The molecule has 0 radical (unpaired) electrons. The Labute approximate surface area is 168 Å². The number of aromatic nitrogens is 4. The molecule has 4 rings (SSSR count). The van der Waals surface area contributed by atoms with E-state index >= 15 is 0 Å². The summed E-state index contributed by atoms with van der Waals surface area (Å²) in [6.07, 6.45) is 5.03. The van der Waals surface area contributed by atoms with E-state index in [1.165, 1.54) is 0 Å². The summed E-state index contributed by atoms with van der Waals surface area (Å²) in [4.78, 5) is 21.6. The minimum absolute atomic E-state index is 0.297. The lowest BCUT2D eigenvalue weighted by molar-refractivity contribution is 0.0956. The third kappa shape index (κ3) is 3.62. The molecule has 29 heavy (non-hydrogen) atoms. The molecule has 4 aromatic rings.